The van der Waals surface area contributed by atoms with Crippen LogP contribution in [0.25, 0.3) is 0 Å². The molecule has 12 heavy (non-hydrogen) atoms. The van der Waals surface area contributed by atoms with Crippen LogP contribution in [0.1, 0.15) is 11.1 Å². The normalized spacial score (nSPS) is 9.83. The minimum absolute atomic E-state index is 0.553. The van der Waals surface area contributed by atoms with Crippen LogP contribution in [0.2, 0.25) is 0 Å². The fourth-order valence-corrected chi connectivity index (χ4v) is 1.37. The van der Waals surface area contributed by atoms with E-state index in [4.69, 9.17) is 12.6 Å². The Balaban J connectivity index is 3.01. The van der Waals surface area contributed by atoms with Crippen LogP contribution < -0.4 is 4.74 Å². The van der Waals surface area contributed by atoms with Gasteiger partial charge in [-0.2, -0.15) is 0 Å². The standard InChI is InChI=1S/C9H10BBrO/c1-12-9-3-7(5-10)2-8(4-9)6-11/h2-4H,5-6H2,1H3. The molecule has 0 heterocycles. The number of benzene rings is 1. The molecule has 0 N–H and O–H groups in total. The number of alkyl halides is 1. The van der Waals surface area contributed by atoms with Gasteiger partial charge in [0.25, 0.3) is 0 Å². The van der Waals surface area contributed by atoms with E-state index in [-0.39, 0.29) is 0 Å². The predicted molar refractivity (Wildman–Crippen MR) is 55.1 cm³/mol. The number of ether oxygens (including phenoxy) is 1. The van der Waals surface area contributed by atoms with Crippen LogP contribution in [0.5, 0.6) is 5.75 Å². The van der Waals surface area contributed by atoms with Crippen molar-refractivity contribution >= 4 is 23.8 Å². The minimum Gasteiger partial charge on any atom is -0.497 e. The molecular formula is C9H10BBrO. The first-order valence-corrected chi connectivity index (χ1v) is 4.85. The Labute approximate surface area is 82.7 Å². The van der Waals surface area contributed by atoms with E-state index in [1.54, 1.807) is 7.11 Å². The molecule has 0 saturated carbocycles. The maximum atomic E-state index is 5.53. The highest BCUT2D eigenvalue weighted by Gasteiger charge is 1.98. The molecule has 2 radical (unpaired) electrons. The highest BCUT2D eigenvalue weighted by Crippen LogP contribution is 2.18. The summed E-state index contributed by atoms with van der Waals surface area (Å²) >= 11 is 3.39. The highest BCUT2D eigenvalue weighted by atomic mass is 79.9. The summed E-state index contributed by atoms with van der Waals surface area (Å²) in [6, 6.07) is 6.01. The molecule has 0 bridgehead atoms. The molecule has 0 aliphatic heterocycles. The highest BCUT2D eigenvalue weighted by molar-refractivity contribution is 9.08. The van der Waals surface area contributed by atoms with Crippen LogP contribution in [0.3, 0.4) is 0 Å². The number of hydrogen-bond donors (Lipinski definition) is 0. The molecule has 1 rings (SSSR count). The lowest BCUT2D eigenvalue weighted by Crippen LogP contribution is -1.90. The minimum atomic E-state index is 0.553. The van der Waals surface area contributed by atoms with Crippen LogP contribution in [0.4, 0.5) is 0 Å². The van der Waals surface area contributed by atoms with Crippen molar-refractivity contribution in [2.24, 2.45) is 0 Å². The van der Waals surface area contributed by atoms with Crippen molar-refractivity contribution in [3.63, 3.8) is 0 Å². The van der Waals surface area contributed by atoms with Crippen LogP contribution >= 0.6 is 15.9 Å². The number of hydrogen-bond acceptors (Lipinski definition) is 1. The zero-order valence-electron chi connectivity index (χ0n) is 7.01. The van der Waals surface area contributed by atoms with Crippen molar-refractivity contribution in [2.75, 3.05) is 7.11 Å². The van der Waals surface area contributed by atoms with Crippen molar-refractivity contribution in [3.8, 4) is 5.75 Å². The Hall–Kier alpha value is -0.435. The van der Waals surface area contributed by atoms with Gasteiger partial charge in [0.05, 0.1) is 15.0 Å². The Bertz CT molecular complexity index is 207. The van der Waals surface area contributed by atoms with Gasteiger partial charge in [-0.05, 0) is 17.7 Å². The molecule has 0 aliphatic rings. The molecule has 1 aromatic rings. The first-order chi connectivity index (χ1) is 5.80. The topological polar surface area (TPSA) is 9.23 Å². The molecule has 0 fully saturated rings. The third-order valence-electron chi connectivity index (χ3n) is 1.65. The second-order valence-corrected chi connectivity index (χ2v) is 3.09. The van der Waals surface area contributed by atoms with Crippen molar-refractivity contribution in [1.82, 2.24) is 0 Å². The Kier molecular flexibility index (Phi) is 3.66. The molecule has 0 unspecified atom stereocenters. The van der Waals surface area contributed by atoms with Crippen LogP contribution in [-0.4, -0.2) is 15.0 Å². The molecule has 0 amide bonds. The largest absolute Gasteiger partial charge is 0.497 e. The third kappa shape index (κ3) is 2.27. The van der Waals surface area contributed by atoms with Crippen LogP contribution in [-0.2, 0) is 11.7 Å². The summed E-state index contributed by atoms with van der Waals surface area (Å²) in [5, 5.41) is 0.831. The second-order valence-electron chi connectivity index (χ2n) is 2.53. The van der Waals surface area contributed by atoms with Gasteiger partial charge < -0.3 is 4.74 Å². The molecule has 1 aromatic carbocycles. The van der Waals surface area contributed by atoms with Crippen LogP contribution in [0.15, 0.2) is 18.2 Å². The summed E-state index contributed by atoms with van der Waals surface area (Å²) in [6.07, 6.45) is 0.553. The van der Waals surface area contributed by atoms with Gasteiger partial charge in [-0.15, -0.1) is 0 Å². The maximum Gasteiger partial charge on any atom is 0.119 e. The van der Waals surface area contributed by atoms with Gasteiger partial charge in [-0.1, -0.05) is 33.9 Å². The molecular weight excluding hydrogens is 215 g/mol. The van der Waals surface area contributed by atoms with Crippen molar-refractivity contribution in [1.29, 1.82) is 0 Å². The Morgan fingerprint density at radius 1 is 1.33 bits per heavy atom. The van der Waals surface area contributed by atoms with E-state index in [9.17, 15) is 0 Å². The van der Waals surface area contributed by atoms with Gasteiger partial charge in [0.2, 0.25) is 0 Å². The lowest BCUT2D eigenvalue weighted by Gasteiger charge is -2.05. The van der Waals surface area contributed by atoms with E-state index in [1.807, 2.05) is 12.1 Å². The smallest absolute Gasteiger partial charge is 0.119 e. The average molecular weight is 225 g/mol. The molecule has 0 atom stereocenters. The Morgan fingerprint density at radius 3 is 2.50 bits per heavy atom. The van der Waals surface area contributed by atoms with Gasteiger partial charge >= 0.3 is 0 Å². The van der Waals surface area contributed by atoms with Crippen molar-refractivity contribution in [2.45, 2.75) is 11.7 Å². The fourth-order valence-electron chi connectivity index (χ4n) is 1.04. The van der Waals surface area contributed by atoms with E-state index in [0.29, 0.717) is 6.32 Å². The summed E-state index contributed by atoms with van der Waals surface area (Å²) < 4.78 is 5.12. The molecule has 3 heteroatoms. The summed E-state index contributed by atoms with van der Waals surface area (Å²) in [6.45, 7) is 0. The zero-order valence-corrected chi connectivity index (χ0v) is 8.60. The summed E-state index contributed by atoms with van der Waals surface area (Å²) in [4.78, 5) is 0. The molecule has 1 nitrogen and oxygen atoms in total. The summed E-state index contributed by atoms with van der Waals surface area (Å²) in [7, 11) is 7.19. The van der Waals surface area contributed by atoms with E-state index >= 15 is 0 Å². The third-order valence-corrected chi connectivity index (χ3v) is 2.30. The lowest BCUT2D eigenvalue weighted by atomic mass is 9.95. The molecule has 0 spiro atoms. The van der Waals surface area contributed by atoms with Gasteiger partial charge in [-0.3, -0.25) is 0 Å². The fraction of sp³-hybridized carbons (Fsp3) is 0.333. The van der Waals surface area contributed by atoms with Gasteiger partial charge in [0.1, 0.15) is 5.75 Å². The molecule has 0 saturated heterocycles. The summed E-state index contributed by atoms with van der Waals surface area (Å²) in [5.74, 6) is 0.868. The quantitative estimate of drug-likeness (QED) is 0.566. The second kappa shape index (κ2) is 4.56. The van der Waals surface area contributed by atoms with Crippen molar-refractivity contribution < 1.29 is 4.74 Å². The first kappa shape index (κ1) is 9.65. The monoisotopic (exact) mass is 224 g/mol. The first-order valence-electron chi connectivity index (χ1n) is 3.73. The number of rotatable bonds is 3. The van der Waals surface area contributed by atoms with Crippen molar-refractivity contribution in [3.05, 3.63) is 29.3 Å². The van der Waals surface area contributed by atoms with E-state index in [2.05, 4.69) is 22.0 Å². The van der Waals surface area contributed by atoms with Gasteiger partial charge in [0.15, 0.2) is 0 Å². The number of halogens is 1. The van der Waals surface area contributed by atoms with E-state index in [0.717, 1.165) is 16.6 Å². The lowest BCUT2D eigenvalue weighted by molar-refractivity contribution is 0.414. The van der Waals surface area contributed by atoms with Gasteiger partial charge in [0, 0.05) is 5.33 Å². The predicted octanol–water partition coefficient (Wildman–Crippen LogP) is 2.26. The van der Waals surface area contributed by atoms with E-state index < -0.39 is 0 Å². The Morgan fingerprint density at radius 2 is 2.00 bits per heavy atom. The summed E-state index contributed by atoms with van der Waals surface area (Å²) in [5.41, 5.74) is 2.29. The average Bonchev–Trinajstić information content (AvgIpc) is 2.16. The molecule has 0 aromatic heterocycles. The van der Waals surface area contributed by atoms with E-state index in [1.165, 1.54) is 5.56 Å². The SMILES string of the molecule is [B]Cc1cc(CBr)cc(OC)c1. The molecule has 62 valence electrons. The zero-order chi connectivity index (χ0) is 8.97. The number of methoxy groups -OCH3 is 1. The maximum absolute atomic E-state index is 5.53. The van der Waals surface area contributed by atoms with Crippen LogP contribution in [0, 0.1) is 0 Å². The molecule has 0 aliphatic carbocycles. The van der Waals surface area contributed by atoms with Gasteiger partial charge in [-0.25, -0.2) is 0 Å².